The van der Waals surface area contributed by atoms with Crippen molar-refractivity contribution in [3.8, 4) is 0 Å². The van der Waals surface area contributed by atoms with Crippen molar-refractivity contribution in [2.75, 3.05) is 26.1 Å². The lowest BCUT2D eigenvalue weighted by Gasteiger charge is -2.20. The number of fused-ring (bicyclic) bond motifs is 1. The number of nitrogens with one attached hydrogen (secondary N) is 1. The molecule has 1 aliphatic rings. The highest BCUT2D eigenvalue weighted by Crippen LogP contribution is 2.32. The van der Waals surface area contributed by atoms with Crippen LogP contribution in [0.4, 0.5) is 5.95 Å². The van der Waals surface area contributed by atoms with Crippen LogP contribution in [0.3, 0.4) is 0 Å². The van der Waals surface area contributed by atoms with Gasteiger partial charge in [0.2, 0.25) is 5.95 Å². The quantitative estimate of drug-likeness (QED) is 0.616. The molecule has 0 bridgehead atoms. The lowest BCUT2D eigenvalue weighted by atomic mass is 10.1. The maximum atomic E-state index is 12.3. The fourth-order valence-corrected chi connectivity index (χ4v) is 2.80. The molecule has 0 saturated carbocycles. The van der Waals surface area contributed by atoms with E-state index in [9.17, 15) is 15.0 Å². The third-order valence-corrected chi connectivity index (χ3v) is 4.07. The molecule has 0 aromatic carbocycles. The van der Waals surface area contributed by atoms with Crippen LogP contribution < -0.4 is 10.9 Å². The smallest absolute Gasteiger partial charge is 0.282 e. The van der Waals surface area contributed by atoms with Crippen molar-refractivity contribution in [1.82, 2.24) is 19.1 Å². The fraction of sp³-hybridized carbons (Fsp3) is 0.615. The second kappa shape index (κ2) is 5.89. The first kappa shape index (κ1) is 15.9. The van der Waals surface area contributed by atoms with Gasteiger partial charge in [0.15, 0.2) is 17.4 Å². The van der Waals surface area contributed by atoms with Gasteiger partial charge in [0.1, 0.15) is 18.3 Å². The largest absolute Gasteiger partial charge is 0.394 e. The summed E-state index contributed by atoms with van der Waals surface area (Å²) < 4.78 is 13.8. The number of hydrogen-bond acceptors (Lipinski definition) is 8. The summed E-state index contributed by atoms with van der Waals surface area (Å²) in [6, 6.07) is 0. The normalized spacial score (nSPS) is 27.7. The summed E-state index contributed by atoms with van der Waals surface area (Å²) >= 11 is 0. The van der Waals surface area contributed by atoms with Crippen LogP contribution >= 0.6 is 0 Å². The molecule has 1 aliphatic heterocycles. The zero-order valence-corrected chi connectivity index (χ0v) is 13.0. The third-order valence-electron chi connectivity index (χ3n) is 4.07. The first-order valence-electron chi connectivity index (χ1n) is 7.12. The average Bonchev–Trinajstić information content (AvgIpc) is 3.11. The van der Waals surface area contributed by atoms with Gasteiger partial charge in [-0.15, -0.1) is 0 Å². The molecule has 0 radical (unpaired) electrons. The maximum absolute atomic E-state index is 12.3. The molecule has 0 amide bonds. The Labute approximate surface area is 131 Å². The van der Waals surface area contributed by atoms with E-state index in [1.54, 1.807) is 14.1 Å². The van der Waals surface area contributed by atoms with Crippen LogP contribution in [0, 0.1) is 0 Å². The Hall–Kier alpha value is -2.01. The van der Waals surface area contributed by atoms with Gasteiger partial charge in [-0.1, -0.05) is 0 Å². The van der Waals surface area contributed by atoms with E-state index in [1.165, 1.54) is 22.6 Å². The SMILES string of the molecule is CNc1nc2c(ncn2[C@@H]2O[C@H](CO)C(O)[C@@H]2OC)c(=O)n1C. The van der Waals surface area contributed by atoms with Crippen LogP contribution in [-0.2, 0) is 16.5 Å². The molecule has 0 aliphatic carbocycles. The molecule has 1 unspecified atom stereocenters. The molecule has 2 aromatic heterocycles. The lowest BCUT2D eigenvalue weighted by Crippen LogP contribution is -2.34. The maximum Gasteiger partial charge on any atom is 0.282 e. The third kappa shape index (κ3) is 2.30. The topological polar surface area (TPSA) is 124 Å². The highest BCUT2D eigenvalue weighted by molar-refractivity contribution is 5.71. The van der Waals surface area contributed by atoms with E-state index in [2.05, 4.69) is 15.3 Å². The molecule has 126 valence electrons. The van der Waals surface area contributed by atoms with E-state index in [-0.39, 0.29) is 17.7 Å². The molecule has 1 saturated heterocycles. The van der Waals surface area contributed by atoms with Crippen LogP contribution in [-0.4, -0.2) is 68.4 Å². The van der Waals surface area contributed by atoms with Crippen LogP contribution in [0.25, 0.3) is 11.2 Å². The molecular formula is C13H19N5O5. The Balaban J connectivity index is 2.13. The van der Waals surface area contributed by atoms with Crippen molar-refractivity contribution in [2.24, 2.45) is 7.05 Å². The minimum absolute atomic E-state index is 0.187. The summed E-state index contributed by atoms with van der Waals surface area (Å²) in [6.07, 6.45) is -1.82. The molecule has 10 nitrogen and oxygen atoms in total. The molecular weight excluding hydrogens is 306 g/mol. The molecule has 3 N–H and O–H groups in total. The van der Waals surface area contributed by atoms with Crippen LogP contribution in [0.15, 0.2) is 11.1 Å². The number of rotatable bonds is 4. The predicted molar refractivity (Wildman–Crippen MR) is 80.1 cm³/mol. The number of hydrogen-bond donors (Lipinski definition) is 3. The molecule has 0 spiro atoms. The Morgan fingerprint density at radius 2 is 2.26 bits per heavy atom. The summed E-state index contributed by atoms with van der Waals surface area (Å²) in [4.78, 5) is 20.8. The number of imidazole rings is 1. The van der Waals surface area contributed by atoms with Crippen LogP contribution in [0.5, 0.6) is 0 Å². The van der Waals surface area contributed by atoms with E-state index in [0.29, 0.717) is 11.6 Å². The second-order valence-corrected chi connectivity index (χ2v) is 5.31. The summed E-state index contributed by atoms with van der Waals surface area (Å²) in [5, 5.41) is 22.3. The van der Waals surface area contributed by atoms with Gasteiger partial charge in [-0.3, -0.25) is 13.9 Å². The van der Waals surface area contributed by atoms with Crippen molar-refractivity contribution in [1.29, 1.82) is 0 Å². The van der Waals surface area contributed by atoms with Gasteiger partial charge in [-0.25, -0.2) is 4.98 Å². The minimum atomic E-state index is -0.997. The van der Waals surface area contributed by atoms with Gasteiger partial charge in [0, 0.05) is 21.2 Å². The van der Waals surface area contributed by atoms with Gasteiger partial charge >= 0.3 is 0 Å². The van der Waals surface area contributed by atoms with Crippen molar-refractivity contribution in [2.45, 2.75) is 24.5 Å². The van der Waals surface area contributed by atoms with Crippen molar-refractivity contribution >= 4 is 17.1 Å². The summed E-state index contributed by atoms with van der Waals surface area (Å²) in [5.74, 6) is 0.371. The van der Waals surface area contributed by atoms with Crippen LogP contribution in [0.2, 0.25) is 0 Å². The molecule has 2 aromatic rings. The zero-order valence-electron chi connectivity index (χ0n) is 13.0. The molecule has 4 atom stereocenters. The number of methoxy groups -OCH3 is 1. The Bertz CT molecular complexity index is 772. The standard InChI is InChI=1S/C13H19N5O5/c1-14-13-16-10-7(11(21)17(13)2)15-5-18(10)12-9(22-3)8(20)6(4-19)23-12/h5-6,8-9,12,19-20H,4H2,1-3H3,(H,14,16)/t6-,8?,9+,12-/m1/s1. The number of aliphatic hydroxyl groups excluding tert-OH is 2. The number of anilines is 1. The van der Waals surface area contributed by atoms with Gasteiger partial charge < -0.3 is 25.0 Å². The van der Waals surface area contributed by atoms with Crippen molar-refractivity contribution in [3.05, 3.63) is 16.7 Å². The zero-order chi connectivity index (χ0) is 16.7. The van der Waals surface area contributed by atoms with E-state index in [1.807, 2.05) is 0 Å². The first-order chi connectivity index (χ1) is 11.0. The summed E-state index contributed by atoms with van der Waals surface area (Å²) in [5.41, 5.74) is 0.200. The van der Waals surface area contributed by atoms with Gasteiger partial charge in [-0.05, 0) is 0 Å². The highest BCUT2D eigenvalue weighted by atomic mass is 16.6. The molecule has 3 heterocycles. The monoisotopic (exact) mass is 325 g/mol. The highest BCUT2D eigenvalue weighted by Gasteiger charge is 2.45. The molecule has 1 fully saturated rings. The lowest BCUT2D eigenvalue weighted by molar-refractivity contribution is -0.0583. The van der Waals surface area contributed by atoms with Crippen LogP contribution in [0.1, 0.15) is 6.23 Å². The molecule has 10 heteroatoms. The number of nitrogens with zero attached hydrogens (tertiary/aromatic N) is 4. The Kier molecular flexibility index (Phi) is 4.06. The Morgan fingerprint density at radius 3 is 2.87 bits per heavy atom. The van der Waals surface area contributed by atoms with E-state index in [0.717, 1.165) is 0 Å². The number of ether oxygens (including phenoxy) is 2. The molecule has 23 heavy (non-hydrogen) atoms. The summed E-state index contributed by atoms with van der Waals surface area (Å²) in [7, 11) is 4.69. The van der Waals surface area contributed by atoms with E-state index >= 15 is 0 Å². The predicted octanol–water partition coefficient (Wildman–Crippen LogP) is -1.56. The van der Waals surface area contributed by atoms with Gasteiger partial charge in [-0.2, -0.15) is 4.98 Å². The van der Waals surface area contributed by atoms with Gasteiger partial charge in [0.05, 0.1) is 12.9 Å². The second-order valence-electron chi connectivity index (χ2n) is 5.31. The number of aromatic nitrogens is 4. The van der Waals surface area contributed by atoms with E-state index in [4.69, 9.17) is 9.47 Å². The number of aliphatic hydroxyl groups is 2. The van der Waals surface area contributed by atoms with Crippen molar-refractivity contribution < 1.29 is 19.7 Å². The summed E-state index contributed by atoms with van der Waals surface area (Å²) in [6.45, 7) is -0.346. The Morgan fingerprint density at radius 1 is 1.52 bits per heavy atom. The fourth-order valence-electron chi connectivity index (χ4n) is 2.80. The average molecular weight is 325 g/mol. The minimum Gasteiger partial charge on any atom is -0.394 e. The molecule has 3 rings (SSSR count). The van der Waals surface area contributed by atoms with Crippen molar-refractivity contribution in [3.63, 3.8) is 0 Å². The van der Waals surface area contributed by atoms with E-state index < -0.39 is 24.5 Å². The first-order valence-corrected chi connectivity index (χ1v) is 7.12. The van der Waals surface area contributed by atoms with Gasteiger partial charge in [0.25, 0.3) is 5.56 Å².